The van der Waals surface area contributed by atoms with Gasteiger partial charge in [0.25, 0.3) is 15.9 Å². The summed E-state index contributed by atoms with van der Waals surface area (Å²) in [6.07, 6.45) is 0.732. The number of carbonyl (C=O) groups is 1. The van der Waals surface area contributed by atoms with Gasteiger partial charge in [0.2, 0.25) is 0 Å². The Labute approximate surface area is 186 Å². The maximum atomic E-state index is 12.8. The topological polar surface area (TPSA) is 103 Å². The Morgan fingerprint density at radius 1 is 0.906 bits per heavy atom. The van der Waals surface area contributed by atoms with Gasteiger partial charge in [-0.1, -0.05) is 6.07 Å². The highest BCUT2D eigenvalue weighted by Crippen LogP contribution is 2.32. The van der Waals surface area contributed by atoms with E-state index < -0.39 is 10.0 Å². The van der Waals surface area contributed by atoms with Gasteiger partial charge in [-0.2, -0.15) is 0 Å². The largest absolute Gasteiger partial charge is 0.497 e. The van der Waals surface area contributed by atoms with E-state index in [0.29, 0.717) is 47.4 Å². The van der Waals surface area contributed by atoms with E-state index in [4.69, 9.17) is 14.2 Å². The molecule has 0 unspecified atom stereocenters. The SMILES string of the molecule is COc1cccc(C(=O)Nc2ccc(NS(=O)(=O)c3ccc4c(c3)OCCCO4)cc2)c1. The molecule has 1 amide bonds. The lowest BCUT2D eigenvalue weighted by Crippen LogP contribution is -2.14. The quantitative estimate of drug-likeness (QED) is 0.585. The van der Waals surface area contributed by atoms with Gasteiger partial charge in [0.05, 0.1) is 25.2 Å². The molecule has 0 aromatic heterocycles. The molecule has 2 N–H and O–H groups in total. The average molecular weight is 455 g/mol. The number of nitrogens with one attached hydrogen (secondary N) is 2. The van der Waals surface area contributed by atoms with Crippen LogP contribution in [0.25, 0.3) is 0 Å². The van der Waals surface area contributed by atoms with E-state index in [1.807, 2.05) is 0 Å². The van der Waals surface area contributed by atoms with Gasteiger partial charge in [0.15, 0.2) is 11.5 Å². The fraction of sp³-hybridized carbons (Fsp3) is 0.174. The second-order valence-corrected chi connectivity index (χ2v) is 8.71. The van der Waals surface area contributed by atoms with Gasteiger partial charge >= 0.3 is 0 Å². The van der Waals surface area contributed by atoms with Crippen molar-refractivity contribution in [2.24, 2.45) is 0 Å². The van der Waals surface area contributed by atoms with Crippen LogP contribution >= 0.6 is 0 Å². The minimum atomic E-state index is -3.83. The molecule has 8 nitrogen and oxygen atoms in total. The van der Waals surface area contributed by atoms with Crippen LogP contribution in [0.4, 0.5) is 11.4 Å². The number of ether oxygens (including phenoxy) is 3. The van der Waals surface area contributed by atoms with Gasteiger partial charge in [-0.25, -0.2) is 8.42 Å². The number of methoxy groups -OCH3 is 1. The van der Waals surface area contributed by atoms with Gasteiger partial charge in [-0.15, -0.1) is 0 Å². The fourth-order valence-electron chi connectivity index (χ4n) is 3.11. The third kappa shape index (κ3) is 4.94. The molecule has 0 saturated heterocycles. The molecule has 0 atom stereocenters. The number of hydrogen-bond donors (Lipinski definition) is 2. The van der Waals surface area contributed by atoms with Gasteiger partial charge in [-0.3, -0.25) is 9.52 Å². The number of amides is 1. The first-order chi connectivity index (χ1) is 15.4. The number of hydrogen-bond acceptors (Lipinski definition) is 6. The van der Waals surface area contributed by atoms with Crippen molar-refractivity contribution >= 4 is 27.3 Å². The summed E-state index contributed by atoms with van der Waals surface area (Å²) in [5, 5.41) is 2.77. The van der Waals surface area contributed by atoms with Crippen molar-refractivity contribution in [2.45, 2.75) is 11.3 Å². The van der Waals surface area contributed by atoms with E-state index in [0.717, 1.165) is 6.42 Å². The molecule has 4 rings (SSSR count). The van der Waals surface area contributed by atoms with Crippen LogP contribution in [0.15, 0.2) is 71.6 Å². The zero-order chi connectivity index (χ0) is 22.6. The summed E-state index contributed by atoms with van der Waals surface area (Å²) in [6, 6.07) is 17.7. The second-order valence-electron chi connectivity index (χ2n) is 7.03. The van der Waals surface area contributed by atoms with Crippen LogP contribution in [0.5, 0.6) is 17.2 Å². The minimum Gasteiger partial charge on any atom is -0.497 e. The highest BCUT2D eigenvalue weighted by atomic mass is 32.2. The Bertz CT molecular complexity index is 1230. The van der Waals surface area contributed by atoms with Crippen molar-refractivity contribution in [3.05, 3.63) is 72.3 Å². The van der Waals surface area contributed by atoms with Crippen LogP contribution in [0.1, 0.15) is 16.8 Å². The predicted molar refractivity (Wildman–Crippen MR) is 120 cm³/mol. The van der Waals surface area contributed by atoms with Crippen LogP contribution in [0.3, 0.4) is 0 Å². The zero-order valence-corrected chi connectivity index (χ0v) is 18.1. The maximum Gasteiger partial charge on any atom is 0.262 e. The van der Waals surface area contributed by atoms with Gasteiger partial charge in [-0.05, 0) is 54.6 Å². The van der Waals surface area contributed by atoms with Gasteiger partial charge in [0.1, 0.15) is 5.75 Å². The Morgan fingerprint density at radius 2 is 1.62 bits per heavy atom. The van der Waals surface area contributed by atoms with Crippen LogP contribution < -0.4 is 24.2 Å². The van der Waals surface area contributed by atoms with Crippen molar-refractivity contribution in [2.75, 3.05) is 30.4 Å². The van der Waals surface area contributed by atoms with Crippen molar-refractivity contribution in [3.63, 3.8) is 0 Å². The maximum absolute atomic E-state index is 12.8. The molecule has 3 aromatic rings. The first-order valence-corrected chi connectivity index (χ1v) is 11.4. The fourth-order valence-corrected chi connectivity index (χ4v) is 4.19. The number of carbonyl (C=O) groups excluding carboxylic acids is 1. The summed E-state index contributed by atoms with van der Waals surface area (Å²) >= 11 is 0. The monoisotopic (exact) mass is 454 g/mol. The molecule has 1 heterocycles. The molecule has 0 saturated carbocycles. The molecule has 1 aliphatic heterocycles. The van der Waals surface area contributed by atoms with E-state index in [2.05, 4.69) is 10.0 Å². The highest BCUT2D eigenvalue weighted by Gasteiger charge is 2.19. The molecule has 9 heteroatoms. The van der Waals surface area contributed by atoms with E-state index in [1.165, 1.54) is 19.2 Å². The van der Waals surface area contributed by atoms with Crippen LogP contribution in [0, 0.1) is 0 Å². The molecule has 0 aliphatic carbocycles. The lowest BCUT2D eigenvalue weighted by Gasteiger charge is -2.12. The molecule has 0 fully saturated rings. The third-order valence-electron chi connectivity index (χ3n) is 4.76. The molecule has 0 radical (unpaired) electrons. The van der Waals surface area contributed by atoms with Crippen LogP contribution in [0.2, 0.25) is 0 Å². The van der Waals surface area contributed by atoms with Crippen molar-refractivity contribution in [1.82, 2.24) is 0 Å². The number of sulfonamides is 1. The standard InChI is InChI=1S/C23H22N2O6S/c1-29-19-5-2-4-16(14-19)23(26)24-17-6-8-18(9-7-17)25-32(27,28)20-10-11-21-22(15-20)31-13-3-12-30-21/h2,4-11,14-15,25H,3,12-13H2,1H3,(H,24,26). The number of rotatable bonds is 6. The molecule has 0 bridgehead atoms. The van der Waals surface area contributed by atoms with E-state index in [9.17, 15) is 13.2 Å². The lowest BCUT2D eigenvalue weighted by atomic mass is 10.2. The normalized spacial score (nSPS) is 13.0. The van der Waals surface area contributed by atoms with E-state index >= 15 is 0 Å². The summed E-state index contributed by atoms with van der Waals surface area (Å²) < 4.78 is 44.4. The first kappa shape index (κ1) is 21.5. The summed E-state index contributed by atoms with van der Waals surface area (Å²) in [5.41, 5.74) is 1.33. The highest BCUT2D eigenvalue weighted by molar-refractivity contribution is 7.92. The molecular weight excluding hydrogens is 432 g/mol. The molecule has 166 valence electrons. The van der Waals surface area contributed by atoms with Gasteiger partial charge in [0, 0.05) is 29.4 Å². The first-order valence-electron chi connectivity index (χ1n) is 9.92. The molecular formula is C23H22N2O6S. The molecule has 0 spiro atoms. The van der Waals surface area contributed by atoms with Crippen molar-refractivity contribution in [1.29, 1.82) is 0 Å². The lowest BCUT2D eigenvalue weighted by molar-refractivity contribution is 0.102. The minimum absolute atomic E-state index is 0.0668. The Kier molecular flexibility index (Phi) is 6.18. The van der Waals surface area contributed by atoms with Crippen LogP contribution in [-0.2, 0) is 10.0 Å². The third-order valence-corrected chi connectivity index (χ3v) is 6.14. The average Bonchev–Trinajstić information content (AvgIpc) is 3.05. The summed E-state index contributed by atoms with van der Waals surface area (Å²) in [4.78, 5) is 12.5. The van der Waals surface area contributed by atoms with E-state index in [1.54, 1.807) is 54.6 Å². The Balaban J connectivity index is 1.45. The van der Waals surface area contributed by atoms with Crippen LogP contribution in [-0.4, -0.2) is 34.6 Å². The zero-order valence-electron chi connectivity index (χ0n) is 17.3. The number of benzene rings is 3. The van der Waals surface area contributed by atoms with Crippen molar-refractivity contribution in [3.8, 4) is 17.2 Å². The van der Waals surface area contributed by atoms with Gasteiger partial charge < -0.3 is 19.5 Å². The number of fused-ring (bicyclic) bond motifs is 1. The molecule has 1 aliphatic rings. The smallest absolute Gasteiger partial charge is 0.262 e. The molecule has 32 heavy (non-hydrogen) atoms. The Morgan fingerprint density at radius 3 is 2.38 bits per heavy atom. The Hall–Kier alpha value is -3.72. The summed E-state index contributed by atoms with van der Waals surface area (Å²) in [5.74, 6) is 1.21. The summed E-state index contributed by atoms with van der Waals surface area (Å²) in [6.45, 7) is 0.991. The second kappa shape index (κ2) is 9.19. The van der Waals surface area contributed by atoms with E-state index in [-0.39, 0.29) is 10.8 Å². The van der Waals surface area contributed by atoms with Crippen molar-refractivity contribution < 1.29 is 27.4 Å². The summed E-state index contributed by atoms with van der Waals surface area (Å²) in [7, 11) is -2.30. The predicted octanol–water partition coefficient (Wildman–Crippen LogP) is 3.91. The molecule has 3 aromatic carbocycles. The number of anilines is 2.